The molecular formula is C15H13ClN2O. The lowest BCUT2D eigenvalue weighted by molar-refractivity contribution is 0.463. The van der Waals surface area contributed by atoms with E-state index >= 15 is 0 Å². The number of rotatable bonds is 4. The molecule has 0 aliphatic rings. The smallest absolute Gasteiger partial charge is 0.220 e. The second kappa shape index (κ2) is 5.41. The van der Waals surface area contributed by atoms with E-state index in [4.69, 9.17) is 16.0 Å². The highest BCUT2D eigenvalue weighted by atomic mass is 35.5. The van der Waals surface area contributed by atoms with E-state index in [2.05, 4.69) is 40.5 Å². The number of halogens is 1. The summed E-state index contributed by atoms with van der Waals surface area (Å²) in [6.07, 6.45) is 1.27. The van der Waals surface area contributed by atoms with Crippen LogP contribution in [0.5, 0.6) is 0 Å². The van der Waals surface area contributed by atoms with Crippen molar-refractivity contribution in [3.8, 4) is 0 Å². The van der Waals surface area contributed by atoms with Crippen molar-refractivity contribution < 1.29 is 4.42 Å². The molecule has 0 N–H and O–H groups in total. The molecule has 0 atom stereocenters. The predicted molar refractivity (Wildman–Crippen MR) is 75.5 cm³/mol. The van der Waals surface area contributed by atoms with Gasteiger partial charge in [-0.2, -0.15) is 0 Å². The fourth-order valence-corrected chi connectivity index (χ4v) is 2.23. The standard InChI is InChI=1S/C15H13ClN2O/c16-8-7-14-17-18-15(19-14)10-11-5-6-12-3-1-2-4-13(12)9-11/h1-6,9H,7-8,10H2. The molecule has 0 fully saturated rings. The number of alkyl halides is 1. The molecule has 0 aliphatic carbocycles. The third-order valence-corrected chi connectivity index (χ3v) is 3.18. The van der Waals surface area contributed by atoms with Gasteiger partial charge in [0.15, 0.2) is 0 Å². The maximum absolute atomic E-state index is 5.64. The van der Waals surface area contributed by atoms with Crippen LogP contribution >= 0.6 is 11.6 Å². The zero-order valence-corrected chi connectivity index (χ0v) is 11.1. The van der Waals surface area contributed by atoms with Crippen LogP contribution in [0.4, 0.5) is 0 Å². The molecule has 0 aliphatic heterocycles. The molecule has 4 heteroatoms. The maximum Gasteiger partial charge on any atom is 0.220 e. The lowest BCUT2D eigenvalue weighted by Gasteiger charge is -2.01. The van der Waals surface area contributed by atoms with Crippen LogP contribution < -0.4 is 0 Å². The normalized spacial score (nSPS) is 11.0. The Morgan fingerprint density at radius 1 is 0.947 bits per heavy atom. The Balaban J connectivity index is 1.83. The maximum atomic E-state index is 5.64. The molecule has 3 aromatic rings. The number of fused-ring (bicyclic) bond motifs is 1. The minimum Gasteiger partial charge on any atom is -0.425 e. The number of nitrogens with zero attached hydrogens (tertiary/aromatic N) is 2. The molecule has 0 spiro atoms. The Hall–Kier alpha value is -1.87. The molecule has 0 unspecified atom stereocenters. The Morgan fingerprint density at radius 2 is 1.74 bits per heavy atom. The average Bonchev–Trinajstić information content (AvgIpc) is 2.86. The van der Waals surface area contributed by atoms with E-state index in [1.165, 1.54) is 16.3 Å². The predicted octanol–water partition coefficient (Wildman–Crippen LogP) is 3.59. The van der Waals surface area contributed by atoms with Crippen molar-refractivity contribution in [1.29, 1.82) is 0 Å². The van der Waals surface area contributed by atoms with E-state index in [1.807, 2.05) is 12.1 Å². The van der Waals surface area contributed by atoms with E-state index in [0.717, 1.165) is 0 Å². The van der Waals surface area contributed by atoms with E-state index in [-0.39, 0.29) is 0 Å². The fraction of sp³-hybridized carbons (Fsp3) is 0.200. The summed E-state index contributed by atoms with van der Waals surface area (Å²) in [6, 6.07) is 14.6. The van der Waals surface area contributed by atoms with Crippen molar-refractivity contribution in [2.24, 2.45) is 0 Å². The fourth-order valence-electron chi connectivity index (χ4n) is 2.07. The second-order valence-electron chi connectivity index (χ2n) is 4.39. The van der Waals surface area contributed by atoms with Crippen LogP contribution in [-0.4, -0.2) is 16.1 Å². The lowest BCUT2D eigenvalue weighted by Crippen LogP contribution is -1.88. The van der Waals surface area contributed by atoms with Gasteiger partial charge < -0.3 is 4.42 Å². The van der Waals surface area contributed by atoms with Crippen molar-refractivity contribution >= 4 is 22.4 Å². The van der Waals surface area contributed by atoms with E-state index in [9.17, 15) is 0 Å². The van der Waals surface area contributed by atoms with Gasteiger partial charge in [0.25, 0.3) is 0 Å². The van der Waals surface area contributed by atoms with E-state index < -0.39 is 0 Å². The molecule has 96 valence electrons. The van der Waals surface area contributed by atoms with Gasteiger partial charge in [-0.15, -0.1) is 21.8 Å². The average molecular weight is 273 g/mol. The zero-order valence-electron chi connectivity index (χ0n) is 10.3. The first-order chi connectivity index (χ1) is 9.35. The zero-order chi connectivity index (χ0) is 13.1. The van der Waals surface area contributed by atoms with Crippen molar-refractivity contribution in [2.75, 3.05) is 5.88 Å². The van der Waals surface area contributed by atoms with Crippen molar-refractivity contribution in [3.05, 3.63) is 59.8 Å². The van der Waals surface area contributed by atoms with Crippen molar-refractivity contribution in [2.45, 2.75) is 12.8 Å². The van der Waals surface area contributed by atoms with Gasteiger partial charge in [0.2, 0.25) is 11.8 Å². The second-order valence-corrected chi connectivity index (χ2v) is 4.76. The van der Waals surface area contributed by atoms with E-state index in [1.54, 1.807) is 0 Å². The summed E-state index contributed by atoms with van der Waals surface area (Å²) in [7, 11) is 0. The van der Waals surface area contributed by atoms with Crippen LogP contribution in [0.2, 0.25) is 0 Å². The first kappa shape index (κ1) is 12.2. The Labute approximate surface area is 116 Å². The monoisotopic (exact) mass is 272 g/mol. The SMILES string of the molecule is ClCCc1nnc(Cc2ccc3ccccc3c2)o1. The van der Waals surface area contributed by atoms with Crippen molar-refractivity contribution in [1.82, 2.24) is 10.2 Å². The van der Waals surface area contributed by atoms with Crippen LogP contribution in [0.3, 0.4) is 0 Å². The highest BCUT2D eigenvalue weighted by Gasteiger charge is 2.06. The van der Waals surface area contributed by atoms with Crippen LogP contribution in [0, 0.1) is 0 Å². The molecule has 2 aromatic carbocycles. The molecule has 0 bridgehead atoms. The summed E-state index contributed by atoms with van der Waals surface area (Å²) in [5, 5.41) is 10.5. The van der Waals surface area contributed by atoms with E-state index in [0.29, 0.717) is 30.5 Å². The summed E-state index contributed by atoms with van der Waals surface area (Å²) < 4.78 is 5.53. The molecule has 1 aromatic heterocycles. The Kier molecular flexibility index (Phi) is 3.47. The van der Waals surface area contributed by atoms with Crippen molar-refractivity contribution in [3.63, 3.8) is 0 Å². The summed E-state index contributed by atoms with van der Waals surface area (Å²) in [5.74, 6) is 1.73. The van der Waals surface area contributed by atoms with Gasteiger partial charge in [0.1, 0.15) is 0 Å². The molecule has 3 rings (SSSR count). The number of hydrogen-bond acceptors (Lipinski definition) is 3. The Morgan fingerprint density at radius 3 is 2.58 bits per heavy atom. The van der Waals surface area contributed by atoms with Gasteiger partial charge >= 0.3 is 0 Å². The first-order valence-corrected chi connectivity index (χ1v) is 6.73. The molecular weight excluding hydrogens is 260 g/mol. The van der Waals surface area contributed by atoms with Crippen LogP contribution in [0.15, 0.2) is 46.9 Å². The first-order valence-electron chi connectivity index (χ1n) is 6.20. The number of hydrogen-bond donors (Lipinski definition) is 0. The van der Waals surface area contributed by atoms with Gasteiger partial charge in [-0.1, -0.05) is 42.5 Å². The van der Waals surface area contributed by atoms with Crippen LogP contribution in [0.25, 0.3) is 10.8 Å². The number of benzene rings is 2. The Bertz CT molecular complexity index is 693. The third-order valence-electron chi connectivity index (χ3n) is 2.99. The molecule has 0 saturated carbocycles. The lowest BCUT2D eigenvalue weighted by atomic mass is 10.1. The molecule has 19 heavy (non-hydrogen) atoms. The summed E-state index contributed by atoms with van der Waals surface area (Å²) in [6.45, 7) is 0. The molecule has 0 radical (unpaired) electrons. The molecule has 0 saturated heterocycles. The minimum atomic E-state index is 0.498. The molecule has 0 amide bonds. The quantitative estimate of drug-likeness (QED) is 0.681. The van der Waals surface area contributed by atoms with Gasteiger partial charge in [0.05, 0.1) is 6.42 Å². The number of aromatic nitrogens is 2. The summed E-state index contributed by atoms with van der Waals surface area (Å²) in [4.78, 5) is 0. The van der Waals surface area contributed by atoms with Crippen LogP contribution in [-0.2, 0) is 12.8 Å². The molecule has 3 nitrogen and oxygen atoms in total. The third kappa shape index (κ3) is 2.76. The van der Waals surface area contributed by atoms with Crippen LogP contribution in [0.1, 0.15) is 17.3 Å². The van der Waals surface area contributed by atoms with Gasteiger partial charge in [-0.25, -0.2) is 0 Å². The topological polar surface area (TPSA) is 38.9 Å². The largest absolute Gasteiger partial charge is 0.425 e. The summed E-state index contributed by atoms with van der Waals surface area (Å²) >= 11 is 5.64. The molecule has 1 heterocycles. The minimum absolute atomic E-state index is 0.498. The highest BCUT2D eigenvalue weighted by Crippen LogP contribution is 2.17. The highest BCUT2D eigenvalue weighted by molar-refractivity contribution is 6.17. The van der Waals surface area contributed by atoms with Gasteiger partial charge in [-0.3, -0.25) is 0 Å². The summed E-state index contributed by atoms with van der Waals surface area (Å²) in [5.41, 5.74) is 1.17. The van der Waals surface area contributed by atoms with Gasteiger partial charge in [-0.05, 0) is 16.3 Å². The van der Waals surface area contributed by atoms with Gasteiger partial charge in [0, 0.05) is 12.3 Å². The number of aryl methyl sites for hydroxylation is 1.